The fourth-order valence-electron chi connectivity index (χ4n) is 13.5. The lowest BCUT2D eigenvalue weighted by atomic mass is 9.50. The second-order valence-electron chi connectivity index (χ2n) is 16.2. The zero-order valence-electron chi connectivity index (χ0n) is 24.7. The number of fused-ring (bicyclic) bond motifs is 5. The third-order valence-corrected chi connectivity index (χ3v) is 14.8. The molecule has 0 aromatic rings. The highest BCUT2D eigenvalue weighted by atomic mass is 15.3. The predicted molar refractivity (Wildman–Crippen MR) is 158 cm³/mol. The van der Waals surface area contributed by atoms with E-state index in [2.05, 4.69) is 10.2 Å². The molecule has 1 heterocycles. The molecule has 8 rings (SSSR count). The predicted octanol–water partition coefficient (Wildman–Crippen LogP) is 8.73. The first-order valence-electron chi connectivity index (χ1n) is 18.4. The van der Waals surface area contributed by atoms with Crippen molar-refractivity contribution in [3.05, 3.63) is 0 Å². The van der Waals surface area contributed by atoms with Crippen LogP contribution in [0.5, 0.6) is 0 Å². The third kappa shape index (κ3) is 4.48. The second kappa shape index (κ2) is 11.0. The van der Waals surface area contributed by atoms with Crippen molar-refractivity contribution in [2.75, 3.05) is 0 Å². The standard InChI is InChI=1S/C36H60N2/c1-3-13-29-24(8-1)10-6-16-33(29)37-27-19-21-28(22-20-27)38-34-17-7-12-26-11-5-15-31(35(26)34)32-23-18-25-9-2-4-14-30(25)36(32)38/h24-37H,1-23H2. The normalized spacial score (nSPS) is 53.2. The Kier molecular flexibility index (Phi) is 7.39. The Bertz CT molecular complexity index is 797. The summed E-state index contributed by atoms with van der Waals surface area (Å²) in [6.45, 7) is 0. The lowest BCUT2D eigenvalue weighted by molar-refractivity contribution is -0.166. The van der Waals surface area contributed by atoms with Crippen molar-refractivity contribution >= 4 is 0 Å². The summed E-state index contributed by atoms with van der Waals surface area (Å²) < 4.78 is 0. The highest BCUT2D eigenvalue weighted by Crippen LogP contribution is 2.59. The zero-order chi connectivity index (χ0) is 25.1. The molecule has 0 amide bonds. The average molecular weight is 521 g/mol. The molecule has 1 aliphatic heterocycles. The van der Waals surface area contributed by atoms with Crippen LogP contribution in [0.25, 0.3) is 0 Å². The minimum absolute atomic E-state index is 0.827. The third-order valence-electron chi connectivity index (χ3n) is 14.8. The fraction of sp³-hybridized carbons (Fsp3) is 1.00. The van der Waals surface area contributed by atoms with E-state index < -0.39 is 0 Å². The van der Waals surface area contributed by atoms with Crippen molar-refractivity contribution in [1.82, 2.24) is 10.2 Å². The van der Waals surface area contributed by atoms with Gasteiger partial charge in [-0.3, -0.25) is 4.90 Å². The molecule has 7 saturated carbocycles. The number of piperidine rings is 1. The van der Waals surface area contributed by atoms with E-state index in [1.54, 1.807) is 83.5 Å². The second-order valence-corrected chi connectivity index (χ2v) is 16.2. The smallest absolute Gasteiger partial charge is 0.0163 e. The maximum absolute atomic E-state index is 4.35. The van der Waals surface area contributed by atoms with E-state index in [9.17, 15) is 0 Å². The molecule has 0 radical (unpaired) electrons. The van der Waals surface area contributed by atoms with E-state index in [0.717, 1.165) is 77.6 Å². The van der Waals surface area contributed by atoms with Gasteiger partial charge in [-0.2, -0.15) is 0 Å². The van der Waals surface area contributed by atoms with Crippen LogP contribution in [0, 0.1) is 47.3 Å². The van der Waals surface area contributed by atoms with Gasteiger partial charge in [0.1, 0.15) is 0 Å². The lowest BCUT2D eigenvalue weighted by Gasteiger charge is -2.66. The summed E-state index contributed by atoms with van der Waals surface area (Å²) in [6.07, 6.45) is 35.4. The van der Waals surface area contributed by atoms with Crippen molar-refractivity contribution in [1.29, 1.82) is 0 Å². The van der Waals surface area contributed by atoms with Gasteiger partial charge in [0, 0.05) is 30.2 Å². The van der Waals surface area contributed by atoms with Gasteiger partial charge in [0.25, 0.3) is 0 Å². The van der Waals surface area contributed by atoms with Crippen molar-refractivity contribution < 1.29 is 0 Å². The molecule has 11 atom stereocenters. The Morgan fingerprint density at radius 1 is 0.421 bits per heavy atom. The van der Waals surface area contributed by atoms with Crippen molar-refractivity contribution in [2.24, 2.45) is 47.3 Å². The number of rotatable bonds is 3. The molecule has 1 saturated heterocycles. The largest absolute Gasteiger partial charge is 0.311 e. The van der Waals surface area contributed by atoms with E-state index in [4.69, 9.17) is 0 Å². The van der Waals surface area contributed by atoms with Crippen LogP contribution in [0.3, 0.4) is 0 Å². The first kappa shape index (κ1) is 25.6. The van der Waals surface area contributed by atoms with Crippen LogP contribution in [0.2, 0.25) is 0 Å². The maximum atomic E-state index is 4.35. The lowest BCUT2D eigenvalue weighted by Crippen LogP contribution is -2.69. The van der Waals surface area contributed by atoms with Crippen molar-refractivity contribution in [2.45, 2.75) is 178 Å². The fourth-order valence-corrected chi connectivity index (χ4v) is 13.5. The van der Waals surface area contributed by atoms with E-state index in [-0.39, 0.29) is 0 Å². The average Bonchev–Trinajstić information content (AvgIpc) is 2.98. The van der Waals surface area contributed by atoms with Gasteiger partial charge in [-0.05, 0) is 118 Å². The Hall–Kier alpha value is -0.0800. The first-order chi connectivity index (χ1) is 18.8. The maximum Gasteiger partial charge on any atom is 0.0163 e. The first-order valence-corrected chi connectivity index (χ1v) is 18.4. The Labute approximate surface area is 235 Å². The highest BCUT2D eigenvalue weighted by molar-refractivity contribution is 5.10. The van der Waals surface area contributed by atoms with Crippen LogP contribution >= 0.6 is 0 Å². The van der Waals surface area contributed by atoms with Gasteiger partial charge in [0.2, 0.25) is 0 Å². The van der Waals surface area contributed by atoms with Crippen LogP contribution in [-0.2, 0) is 0 Å². The molecule has 0 spiro atoms. The molecule has 2 heteroatoms. The summed E-state index contributed by atoms with van der Waals surface area (Å²) >= 11 is 0. The monoisotopic (exact) mass is 520 g/mol. The SMILES string of the molecule is C1CCC2C(C1)CCCC2NC1CCC(N2C3CCCC4CCCC(C5CCC6CCCCC6C52)C43)CC1. The quantitative estimate of drug-likeness (QED) is 0.400. The summed E-state index contributed by atoms with van der Waals surface area (Å²) in [6, 6.07) is 4.55. The van der Waals surface area contributed by atoms with Gasteiger partial charge in [0.15, 0.2) is 0 Å². The van der Waals surface area contributed by atoms with Gasteiger partial charge in [-0.15, -0.1) is 0 Å². The molecule has 0 bridgehead atoms. The summed E-state index contributed by atoms with van der Waals surface area (Å²) in [5.74, 6) is 8.58. The van der Waals surface area contributed by atoms with Gasteiger partial charge in [-0.1, -0.05) is 77.0 Å². The Morgan fingerprint density at radius 2 is 1.05 bits per heavy atom. The van der Waals surface area contributed by atoms with Crippen molar-refractivity contribution in [3.8, 4) is 0 Å². The Morgan fingerprint density at radius 3 is 1.89 bits per heavy atom. The number of nitrogens with zero attached hydrogens (tertiary/aromatic N) is 1. The summed E-state index contributed by atoms with van der Waals surface area (Å²) in [4.78, 5) is 3.40. The molecule has 0 aromatic carbocycles. The minimum atomic E-state index is 0.827. The Balaban J connectivity index is 1.01. The zero-order valence-corrected chi connectivity index (χ0v) is 24.7. The summed E-state index contributed by atoms with van der Waals surface area (Å²) in [7, 11) is 0. The van der Waals surface area contributed by atoms with Gasteiger partial charge in [-0.25, -0.2) is 0 Å². The minimum Gasteiger partial charge on any atom is -0.311 e. The molecule has 214 valence electrons. The van der Waals surface area contributed by atoms with Crippen LogP contribution < -0.4 is 5.32 Å². The molecule has 38 heavy (non-hydrogen) atoms. The van der Waals surface area contributed by atoms with Crippen LogP contribution in [0.15, 0.2) is 0 Å². The van der Waals surface area contributed by atoms with Gasteiger partial charge < -0.3 is 5.32 Å². The van der Waals surface area contributed by atoms with E-state index in [1.807, 2.05) is 0 Å². The topological polar surface area (TPSA) is 15.3 Å². The molecular formula is C36H60N2. The molecule has 11 unspecified atom stereocenters. The van der Waals surface area contributed by atoms with Gasteiger partial charge >= 0.3 is 0 Å². The number of likely N-dealkylation sites (tertiary alicyclic amines) is 1. The molecular weight excluding hydrogens is 460 g/mol. The van der Waals surface area contributed by atoms with Crippen LogP contribution in [0.1, 0.15) is 148 Å². The van der Waals surface area contributed by atoms with E-state index >= 15 is 0 Å². The molecule has 8 fully saturated rings. The summed E-state index contributed by atoms with van der Waals surface area (Å²) in [5, 5.41) is 4.35. The number of hydrogen-bond donors (Lipinski definition) is 1. The summed E-state index contributed by atoms with van der Waals surface area (Å²) in [5.41, 5.74) is 0. The molecule has 7 aliphatic carbocycles. The molecule has 8 aliphatic rings. The van der Waals surface area contributed by atoms with Crippen molar-refractivity contribution in [3.63, 3.8) is 0 Å². The molecule has 0 aromatic heterocycles. The molecule has 1 N–H and O–H groups in total. The molecule has 2 nitrogen and oxygen atoms in total. The number of hydrogen-bond acceptors (Lipinski definition) is 2. The number of nitrogens with one attached hydrogen (secondary N) is 1. The van der Waals surface area contributed by atoms with E-state index in [0.29, 0.717) is 0 Å². The van der Waals surface area contributed by atoms with Crippen LogP contribution in [-0.4, -0.2) is 35.1 Å². The van der Waals surface area contributed by atoms with E-state index in [1.165, 1.54) is 64.2 Å². The van der Waals surface area contributed by atoms with Crippen LogP contribution in [0.4, 0.5) is 0 Å². The highest BCUT2D eigenvalue weighted by Gasteiger charge is 2.58. The van der Waals surface area contributed by atoms with Gasteiger partial charge in [0.05, 0.1) is 0 Å².